The highest BCUT2D eigenvalue weighted by molar-refractivity contribution is 7.59. The van der Waals surface area contributed by atoms with E-state index in [9.17, 15) is 4.79 Å². The molecule has 0 unspecified atom stereocenters. The van der Waals surface area contributed by atoms with Crippen LogP contribution in [0.5, 0.6) is 0 Å². The van der Waals surface area contributed by atoms with Gasteiger partial charge in [-0.15, -0.1) is 0 Å². The average Bonchev–Trinajstić information content (AvgIpc) is 2.73. The van der Waals surface area contributed by atoms with Crippen molar-refractivity contribution in [3.63, 3.8) is 0 Å². The Balaban J connectivity index is 0.00000144. The number of carbonyl (C=O) groups excluding carboxylic acids is 1. The Kier molecular flexibility index (Phi) is 5.06. The monoisotopic (exact) mass is 251 g/mol. The van der Waals surface area contributed by atoms with Crippen LogP contribution in [-0.2, 0) is 11.3 Å². The fourth-order valence-electron chi connectivity index (χ4n) is 1.82. The largest absolute Gasteiger partial charge is 0.347 e. The number of nitrogens with one attached hydrogen (secondary N) is 1. The van der Waals surface area contributed by atoms with Gasteiger partial charge in [-0.2, -0.15) is 13.5 Å². The van der Waals surface area contributed by atoms with Gasteiger partial charge in [0.15, 0.2) is 0 Å². The zero-order chi connectivity index (χ0) is 11.4. The number of hydrazine groups is 1. The van der Waals surface area contributed by atoms with Crippen LogP contribution in [0.3, 0.4) is 0 Å². The normalized spacial score (nSPS) is 9.94. The van der Waals surface area contributed by atoms with E-state index in [1.54, 1.807) is 0 Å². The summed E-state index contributed by atoms with van der Waals surface area (Å²) in [5, 5.41) is 1.23. The number of nitrogens with zero attached hydrogens (tertiary/aromatic N) is 1. The smallest absolute Gasteiger partial charge is 0.233 e. The predicted octanol–water partition coefficient (Wildman–Crippen LogP) is 1.52. The highest BCUT2D eigenvalue weighted by Gasteiger charge is 2.01. The first-order valence-corrected chi connectivity index (χ1v) is 5.34. The molecule has 17 heavy (non-hydrogen) atoms. The van der Waals surface area contributed by atoms with Gasteiger partial charge in [0.2, 0.25) is 5.91 Å². The maximum absolute atomic E-state index is 11.0. The first kappa shape index (κ1) is 13.6. The minimum absolute atomic E-state index is 0. The number of aryl methyl sites for hydroxylation is 1. The van der Waals surface area contributed by atoms with Gasteiger partial charge in [0, 0.05) is 24.7 Å². The zero-order valence-corrected chi connectivity index (χ0v) is 10.5. The van der Waals surface area contributed by atoms with Crippen LogP contribution < -0.4 is 11.3 Å². The summed E-state index contributed by atoms with van der Waals surface area (Å²) in [7, 11) is 0. The number of benzene rings is 1. The van der Waals surface area contributed by atoms with Crippen molar-refractivity contribution in [1.29, 1.82) is 0 Å². The fourth-order valence-corrected chi connectivity index (χ4v) is 1.82. The molecule has 5 heteroatoms. The van der Waals surface area contributed by atoms with Crippen LogP contribution >= 0.6 is 13.5 Å². The molecule has 0 saturated heterocycles. The molecule has 0 bridgehead atoms. The summed E-state index contributed by atoms with van der Waals surface area (Å²) in [6, 6.07) is 10.3. The van der Waals surface area contributed by atoms with Crippen molar-refractivity contribution in [2.45, 2.75) is 19.4 Å². The quantitative estimate of drug-likeness (QED) is 0.492. The second-order valence-corrected chi connectivity index (χ2v) is 3.74. The maximum Gasteiger partial charge on any atom is 0.233 e. The topological polar surface area (TPSA) is 60.0 Å². The van der Waals surface area contributed by atoms with Crippen molar-refractivity contribution < 1.29 is 4.79 Å². The van der Waals surface area contributed by atoms with Gasteiger partial charge in [0.1, 0.15) is 0 Å². The minimum atomic E-state index is -0.114. The lowest BCUT2D eigenvalue weighted by Crippen LogP contribution is -2.29. The number of aromatic nitrogens is 1. The number of nitrogens with two attached hydrogens (primary N) is 1. The fraction of sp³-hybridized carbons (Fsp3) is 0.250. The summed E-state index contributed by atoms with van der Waals surface area (Å²) in [6.45, 7) is 0.834. The van der Waals surface area contributed by atoms with E-state index >= 15 is 0 Å². The molecule has 2 aromatic rings. The van der Waals surface area contributed by atoms with Gasteiger partial charge in [0.25, 0.3) is 0 Å². The minimum Gasteiger partial charge on any atom is -0.347 e. The summed E-state index contributed by atoms with van der Waals surface area (Å²) < 4.78 is 2.15. The van der Waals surface area contributed by atoms with E-state index in [0.29, 0.717) is 6.42 Å². The van der Waals surface area contributed by atoms with Gasteiger partial charge in [-0.1, -0.05) is 18.2 Å². The average molecular weight is 251 g/mol. The van der Waals surface area contributed by atoms with Gasteiger partial charge < -0.3 is 4.57 Å². The lowest BCUT2D eigenvalue weighted by atomic mass is 10.2. The lowest BCUT2D eigenvalue weighted by molar-refractivity contribution is -0.121. The molecule has 0 spiro atoms. The van der Waals surface area contributed by atoms with Crippen LogP contribution in [0.25, 0.3) is 10.9 Å². The second kappa shape index (κ2) is 6.32. The third-order valence-corrected chi connectivity index (χ3v) is 2.64. The summed E-state index contributed by atoms with van der Waals surface area (Å²) >= 11 is 0. The maximum atomic E-state index is 11.0. The SMILES string of the molecule is NNC(=O)CCCn1ccc2ccccc21.S. The number of hydrogen-bond donors (Lipinski definition) is 2. The van der Waals surface area contributed by atoms with Crippen LogP contribution in [0.4, 0.5) is 0 Å². The Morgan fingerprint density at radius 2 is 2.06 bits per heavy atom. The predicted molar refractivity (Wildman–Crippen MR) is 73.9 cm³/mol. The van der Waals surface area contributed by atoms with Crippen molar-refractivity contribution in [1.82, 2.24) is 9.99 Å². The lowest BCUT2D eigenvalue weighted by Gasteiger charge is -2.04. The van der Waals surface area contributed by atoms with Crippen LogP contribution in [0.1, 0.15) is 12.8 Å². The molecule has 1 heterocycles. The third kappa shape index (κ3) is 3.25. The molecule has 4 nitrogen and oxygen atoms in total. The molecule has 92 valence electrons. The van der Waals surface area contributed by atoms with Gasteiger partial charge in [-0.3, -0.25) is 10.2 Å². The third-order valence-electron chi connectivity index (χ3n) is 2.64. The Hall–Kier alpha value is -1.46. The van der Waals surface area contributed by atoms with Crippen molar-refractivity contribution in [2.24, 2.45) is 5.84 Å². The van der Waals surface area contributed by atoms with E-state index in [1.807, 2.05) is 18.3 Å². The summed E-state index contributed by atoms with van der Waals surface area (Å²) in [5.74, 6) is 4.90. The van der Waals surface area contributed by atoms with Gasteiger partial charge >= 0.3 is 0 Å². The van der Waals surface area contributed by atoms with E-state index in [-0.39, 0.29) is 19.4 Å². The van der Waals surface area contributed by atoms with Crippen LogP contribution in [0.15, 0.2) is 36.5 Å². The number of amides is 1. The van der Waals surface area contributed by atoms with E-state index < -0.39 is 0 Å². The molecule has 3 N–H and O–H groups in total. The molecule has 2 rings (SSSR count). The van der Waals surface area contributed by atoms with Crippen molar-refractivity contribution in [3.8, 4) is 0 Å². The molecule has 1 aromatic carbocycles. The van der Waals surface area contributed by atoms with Crippen LogP contribution in [0.2, 0.25) is 0 Å². The van der Waals surface area contributed by atoms with E-state index in [1.165, 1.54) is 10.9 Å². The molecule has 1 amide bonds. The molecule has 0 fully saturated rings. The molecule has 0 saturated carbocycles. The molecular formula is C12H17N3OS. The molecule has 0 aliphatic rings. The highest BCUT2D eigenvalue weighted by Crippen LogP contribution is 2.15. The number of hydrogen-bond acceptors (Lipinski definition) is 2. The Bertz CT molecular complexity index is 495. The van der Waals surface area contributed by atoms with Crippen molar-refractivity contribution in [2.75, 3.05) is 0 Å². The molecule has 0 aliphatic heterocycles. The van der Waals surface area contributed by atoms with Crippen LogP contribution in [-0.4, -0.2) is 10.5 Å². The second-order valence-electron chi connectivity index (χ2n) is 3.74. The number of rotatable bonds is 4. The summed E-state index contributed by atoms with van der Waals surface area (Å²) in [4.78, 5) is 11.0. The Morgan fingerprint density at radius 1 is 1.29 bits per heavy atom. The van der Waals surface area contributed by atoms with Crippen molar-refractivity contribution >= 4 is 30.3 Å². The molecule has 0 atom stereocenters. The van der Waals surface area contributed by atoms with E-state index in [0.717, 1.165) is 13.0 Å². The van der Waals surface area contributed by atoms with Crippen molar-refractivity contribution in [3.05, 3.63) is 36.5 Å². The molecular weight excluding hydrogens is 234 g/mol. The van der Waals surface area contributed by atoms with E-state index in [4.69, 9.17) is 5.84 Å². The van der Waals surface area contributed by atoms with Crippen LogP contribution in [0, 0.1) is 0 Å². The Labute approximate surface area is 107 Å². The molecule has 0 aliphatic carbocycles. The van der Waals surface area contributed by atoms with Gasteiger partial charge in [0.05, 0.1) is 0 Å². The number of para-hydroxylation sites is 1. The standard InChI is InChI=1S/C12H15N3O.H2S/c13-14-12(16)6-3-8-15-9-7-10-4-1-2-5-11(10)15;/h1-2,4-5,7,9H,3,6,8,13H2,(H,14,16);1H2. The zero-order valence-electron chi connectivity index (χ0n) is 9.52. The van der Waals surface area contributed by atoms with Gasteiger partial charge in [-0.05, 0) is 23.9 Å². The first-order chi connectivity index (χ1) is 7.81. The number of carbonyl (C=O) groups is 1. The summed E-state index contributed by atoms with van der Waals surface area (Å²) in [5.41, 5.74) is 3.34. The van der Waals surface area contributed by atoms with E-state index in [2.05, 4.69) is 28.2 Å². The molecule has 1 aromatic heterocycles. The number of fused-ring (bicyclic) bond motifs is 1. The first-order valence-electron chi connectivity index (χ1n) is 5.34. The highest BCUT2D eigenvalue weighted by atomic mass is 32.1. The Morgan fingerprint density at radius 3 is 2.82 bits per heavy atom. The molecule has 0 radical (unpaired) electrons. The van der Waals surface area contributed by atoms with Gasteiger partial charge in [-0.25, -0.2) is 5.84 Å². The summed E-state index contributed by atoms with van der Waals surface area (Å²) in [6.07, 6.45) is 3.30.